The third-order valence-electron chi connectivity index (χ3n) is 4.43. The van der Waals surface area contributed by atoms with Crippen molar-refractivity contribution in [3.63, 3.8) is 0 Å². The minimum Gasteiger partial charge on any atom is -0.323 e. The summed E-state index contributed by atoms with van der Waals surface area (Å²) in [7, 11) is 3.61. The number of imide groups is 1. The van der Waals surface area contributed by atoms with Gasteiger partial charge in [-0.15, -0.1) is 0 Å². The predicted molar refractivity (Wildman–Crippen MR) is 75.2 cm³/mol. The Kier molecular flexibility index (Phi) is 2.66. The molecular formula is C14H17BN2O2. The molecule has 3 rings (SSSR count). The summed E-state index contributed by atoms with van der Waals surface area (Å²) in [5, 5.41) is 2.88. The topological polar surface area (TPSA) is 49.4 Å². The van der Waals surface area contributed by atoms with Gasteiger partial charge < -0.3 is 5.32 Å². The number of hydrogen-bond donors (Lipinski definition) is 1. The lowest BCUT2D eigenvalue weighted by molar-refractivity contribution is -0.130. The Labute approximate surface area is 113 Å². The molecule has 3 amide bonds. The molecule has 0 bridgehead atoms. The minimum absolute atomic E-state index is 0.0767. The Bertz CT molecular complexity index is 543. The molecule has 5 heteroatoms. The van der Waals surface area contributed by atoms with Crippen LogP contribution >= 0.6 is 0 Å². The number of rotatable bonds is 1. The first-order chi connectivity index (χ1) is 9.02. The van der Waals surface area contributed by atoms with E-state index in [4.69, 9.17) is 0 Å². The number of nitrogens with one attached hydrogen (secondary N) is 1. The summed E-state index contributed by atoms with van der Waals surface area (Å²) in [5.41, 5.74) is 1.85. The van der Waals surface area contributed by atoms with Crippen LogP contribution in [0.3, 0.4) is 0 Å². The third-order valence-corrected chi connectivity index (χ3v) is 4.43. The molecule has 1 aliphatic carbocycles. The fraction of sp³-hybridized carbons (Fsp3) is 0.429. The summed E-state index contributed by atoms with van der Waals surface area (Å²) in [5.74, 6) is 0.281. The Morgan fingerprint density at radius 2 is 2.00 bits per heavy atom. The zero-order valence-corrected chi connectivity index (χ0v) is 11.3. The zero-order chi connectivity index (χ0) is 13.6. The number of nitrogens with zero attached hydrogens (tertiary/aromatic N) is 1. The van der Waals surface area contributed by atoms with Gasteiger partial charge in [-0.3, -0.25) is 9.69 Å². The molecule has 0 radical (unpaired) electrons. The van der Waals surface area contributed by atoms with Crippen molar-refractivity contribution in [2.75, 3.05) is 7.05 Å². The van der Waals surface area contributed by atoms with Crippen LogP contribution in [-0.2, 0) is 4.79 Å². The predicted octanol–water partition coefficient (Wildman–Crippen LogP) is 0.133. The van der Waals surface area contributed by atoms with E-state index in [1.807, 2.05) is 0 Å². The maximum Gasteiger partial charge on any atom is 0.324 e. The normalized spacial score (nSPS) is 30.2. The van der Waals surface area contributed by atoms with Gasteiger partial charge in [-0.2, -0.15) is 0 Å². The third kappa shape index (κ3) is 1.84. The molecule has 0 unspecified atom stereocenters. The molecule has 2 aliphatic rings. The quantitative estimate of drug-likeness (QED) is 0.573. The van der Waals surface area contributed by atoms with Gasteiger partial charge in [0.1, 0.15) is 13.4 Å². The molecule has 1 saturated carbocycles. The second-order valence-corrected chi connectivity index (χ2v) is 5.73. The highest BCUT2D eigenvalue weighted by atomic mass is 16.2. The molecule has 0 aromatic heterocycles. The summed E-state index contributed by atoms with van der Waals surface area (Å²) < 4.78 is 0. The highest BCUT2D eigenvalue weighted by Crippen LogP contribution is 2.43. The van der Waals surface area contributed by atoms with E-state index in [9.17, 15) is 9.59 Å². The zero-order valence-electron chi connectivity index (χ0n) is 11.3. The summed E-state index contributed by atoms with van der Waals surface area (Å²) in [6.07, 6.45) is 2.40. The number of benzene rings is 1. The summed E-state index contributed by atoms with van der Waals surface area (Å²) in [6, 6.07) is 8.19. The lowest BCUT2D eigenvalue weighted by Crippen LogP contribution is -2.44. The molecule has 19 heavy (non-hydrogen) atoms. The molecular weight excluding hydrogens is 239 g/mol. The van der Waals surface area contributed by atoms with Crippen molar-refractivity contribution in [2.24, 2.45) is 0 Å². The summed E-state index contributed by atoms with van der Waals surface area (Å²) in [4.78, 5) is 25.0. The molecule has 1 saturated heterocycles. The maximum atomic E-state index is 12.2. The van der Waals surface area contributed by atoms with Crippen molar-refractivity contribution in [2.45, 2.75) is 30.7 Å². The second kappa shape index (κ2) is 4.12. The first kappa shape index (κ1) is 12.3. The number of amides is 3. The molecule has 1 aromatic rings. The highest BCUT2D eigenvalue weighted by molar-refractivity contribution is 6.32. The Morgan fingerprint density at radius 3 is 2.58 bits per heavy atom. The summed E-state index contributed by atoms with van der Waals surface area (Å²) in [6.45, 7) is 0. The molecule has 1 N–H and O–H groups in total. The van der Waals surface area contributed by atoms with Crippen molar-refractivity contribution >= 4 is 25.2 Å². The Hall–Kier alpha value is -1.78. The number of carbonyl (C=O) groups excluding carboxylic acids is 2. The number of carbonyl (C=O) groups is 2. The van der Waals surface area contributed by atoms with Crippen LogP contribution in [0.4, 0.5) is 4.79 Å². The van der Waals surface area contributed by atoms with E-state index in [0.717, 1.165) is 12.8 Å². The Morgan fingerprint density at radius 1 is 1.32 bits per heavy atom. The van der Waals surface area contributed by atoms with Crippen LogP contribution in [0.25, 0.3) is 0 Å². The lowest BCUT2D eigenvalue weighted by atomic mass is 9.89. The first-order valence-electron chi connectivity index (χ1n) is 6.69. The fourth-order valence-electron chi connectivity index (χ4n) is 3.23. The number of hydrogen-bond acceptors (Lipinski definition) is 2. The molecule has 2 fully saturated rings. The minimum atomic E-state index is -0.651. The monoisotopic (exact) mass is 256 g/mol. The van der Waals surface area contributed by atoms with Gasteiger partial charge in [0.05, 0.1) is 0 Å². The van der Waals surface area contributed by atoms with Gasteiger partial charge in [0.2, 0.25) is 0 Å². The van der Waals surface area contributed by atoms with Crippen LogP contribution < -0.4 is 10.8 Å². The largest absolute Gasteiger partial charge is 0.324 e. The van der Waals surface area contributed by atoms with Gasteiger partial charge in [0.25, 0.3) is 5.91 Å². The average molecular weight is 256 g/mol. The van der Waals surface area contributed by atoms with Crippen LogP contribution in [0.1, 0.15) is 30.7 Å². The first-order valence-corrected chi connectivity index (χ1v) is 6.69. The lowest BCUT2D eigenvalue weighted by Gasteiger charge is -2.20. The molecule has 2 atom stereocenters. The van der Waals surface area contributed by atoms with E-state index in [1.54, 1.807) is 7.05 Å². The van der Waals surface area contributed by atoms with Crippen LogP contribution in [-0.4, -0.2) is 37.3 Å². The molecule has 1 aromatic carbocycles. The van der Waals surface area contributed by atoms with E-state index >= 15 is 0 Å². The van der Waals surface area contributed by atoms with Crippen LogP contribution in [0, 0.1) is 0 Å². The van der Waals surface area contributed by atoms with Gasteiger partial charge in [0, 0.05) is 7.05 Å². The van der Waals surface area contributed by atoms with Crippen LogP contribution in [0.2, 0.25) is 0 Å². The van der Waals surface area contributed by atoms with Gasteiger partial charge in [-0.25, -0.2) is 4.79 Å². The highest BCUT2D eigenvalue weighted by Gasteiger charge is 2.53. The Balaban J connectivity index is 1.83. The molecule has 4 nitrogen and oxygen atoms in total. The van der Waals surface area contributed by atoms with Gasteiger partial charge in [-0.05, 0) is 30.7 Å². The van der Waals surface area contributed by atoms with E-state index < -0.39 is 5.54 Å². The van der Waals surface area contributed by atoms with E-state index in [1.165, 1.54) is 15.9 Å². The smallest absolute Gasteiger partial charge is 0.323 e. The van der Waals surface area contributed by atoms with Gasteiger partial charge >= 0.3 is 6.03 Å². The van der Waals surface area contributed by atoms with Crippen molar-refractivity contribution in [3.05, 3.63) is 29.8 Å². The fourth-order valence-corrected chi connectivity index (χ4v) is 3.23. The van der Waals surface area contributed by atoms with Crippen molar-refractivity contribution in [1.29, 1.82) is 0 Å². The van der Waals surface area contributed by atoms with Crippen molar-refractivity contribution < 1.29 is 9.59 Å². The molecule has 1 heterocycles. The van der Waals surface area contributed by atoms with Crippen LogP contribution in [0.15, 0.2) is 24.3 Å². The van der Waals surface area contributed by atoms with E-state index in [-0.39, 0.29) is 11.9 Å². The van der Waals surface area contributed by atoms with Gasteiger partial charge in [0.15, 0.2) is 0 Å². The maximum absolute atomic E-state index is 12.2. The molecule has 1 spiro atoms. The summed E-state index contributed by atoms with van der Waals surface area (Å²) >= 11 is 0. The number of likely N-dealkylation sites (N-methyl/N-ethyl adjacent to an activating group) is 1. The molecule has 98 valence electrons. The van der Waals surface area contributed by atoms with E-state index in [2.05, 4.69) is 37.4 Å². The van der Waals surface area contributed by atoms with Crippen LogP contribution in [0.5, 0.6) is 0 Å². The average Bonchev–Trinajstić information content (AvgIpc) is 2.90. The second-order valence-electron chi connectivity index (χ2n) is 5.73. The van der Waals surface area contributed by atoms with Crippen molar-refractivity contribution in [3.8, 4) is 0 Å². The van der Waals surface area contributed by atoms with Crippen molar-refractivity contribution in [1.82, 2.24) is 10.2 Å². The molecule has 1 aliphatic heterocycles. The van der Waals surface area contributed by atoms with Gasteiger partial charge in [-0.1, -0.05) is 29.7 Å². The number of urea groups is 1. The SMILES string of the molecule is Bc1ccc([C@H]2CC[C@]3(C2)NC(=O)N(C)C3=O)cc1. The van der Waals surface area contributed by atoms with E-state index in [0.29, 0.717) is 12.3 Å². The standard InChI is InChI=1S/C14H17BN2O2/c1-17-12(18)14(16-13(17)19)7-6-10(8-14)9-2-4-11(15)5-3-9/h2-5,10H,6-8,15H2,1H3,(H,16,19)/t10-,14+/m0/s1.